The summed E-state index contributed by atoms with van der Waals surface area (Å²) in [4.78, 5) is 13.7. The molecule has 4 heterocycles. The first-order valence-electron chi connectivity index (χ1n) is 8.19. The molecular formula is C16H25N5O. The average Bonchev–Trinajstić information content (AvgIpc) is 3.16. The van der Waals surface area contributed by atoms with E-state index in [1.165, 1.54) is 12.8 Å². The highest BCUT2D eigenvalue weighted by Crippen LogP contribution is 2.55. The second kappa shape index (κ2) is 5.06. The summed E-state index contributed by atoms with van der Waals surface area (Å²) in [5.74, 6) is 2.94. The van der Waals surface area contributed by atoms with E-state index in [0.29, 0.717) is 17.9 Å². The van der Waals surface area contributed by atoms with Crippen LogP contribution in [0.25, 0.3) is 0 Å². The van der Waals surface area contributed by atoms with Gasteiger partial charge in [0.2, 0.25) is 5.95 Å². The first-order valence-corrected chi connectivity index (χ1v) is 8.19. The highest BCUT2D eigenvalue weighted by Gasteiger charge is 2.63. The molecule has 6 nitrogen and oxygen atoms in total. The van der Waals surface area contributed by atoms with Gasteiger partial charge in [-0.15, -0.1) is 0 Å². The number of anilines is 2. The second-order valence-corrected chi connectivity index (χ2v) is 7.16. The molecule has 0 saturated carbocycles. The van der Waals surface area contributed by atoms with Gasteiger partial charge in [-0.25, -0.2) is 4.98 Å². The van der Waals surface area contributed by atoms with Gasteiger partial charge in [-0.1, -0.05) is 0 Å². The molecule has 0 unspecified atom stereocenters. The molecule has 4 atom stereocenters. The van der Waals surface area contributed by atoms with Crippen molar-refractivity contribution in [2.45, 2.75) is 24.5 Å². The van der Waals surface area contributed by atoms with Gasteiger partial charge in [0.05, 0.1) is 18.2 Å². The van der Waals surface area contributed by atoms with Crippen molar-refractivity contribution in [3.8, 4) is 0 Å². The Balaban J connectivity index is 1.58. The predicted octanol–water partition coefficient (Wildman–Crippen LogP) is 1.06. The minimum absolute atomic E-state index is 0.0460. The zero-order valence-corrected chi connectivity index (χ0v) is 13.6. The molecule has 2 bridgehead atoms. The number of rotatable bonds is 4. The molecule has 1 aromatic heterocycles. The number of fused-ring (bicyclic) bond motifs is 1. The Kier molecular flexibility index (Phi) is 3.27. The Morgan fingerprint density at radius 1 is 1.50 bits per heavy atom. The van der Waals surface area contributed by atoms with Crippen molar-refractivity contribution in [3.63, 3.8) is 0 Å². The first-order chi connectivity index (χ1) is 10.6. The van der Waals surface area contributed by atoms with E-state index in [-0.39, 0.29) is 5.60 Å². The van der Waals surface area contributed by atoms with Crippen LogP contribution in [0.3, 0.4) is 0 Å². The van der Waals surface area contributed by atoms with Crippen molar-refractivity contribution in [2.24, 2.45) is 11.8 Å². The summed E-state index contributed by atoms with van der Waals surface area (Å²) < 4.78 is 6.47. The maximum absolute atomic E-state index is 6.47. The molecule has 120 valence electrons. The van der Waals surface area contributed by atoms with Gasteiger partial charge in [0.25, 0.3) is 0 Å². The summed E-state index contributed by atoms with van der Waals surface area (Å²) in [5.41, 5.74) is 0.0460. The van der Waals surface area contributed by atoms with E-state index in [4.69, 9.17) is 4.74 Å². The highest BCUT2D eigenvalue weighted by atomic mass is 16.5. The van der Waals surface area contributed by atoms with Gasteiger partial charge in [-0.3, -0.25) is 0 Å². The van der Waals surface area contributed by atoms with Crippen LogP contribution in [0.15, 0.2) is 12.3 Å². The molecule has 3 aliphatic heterocycles. The lowest BCUT2D eigenvalue weighted by atomic mass is 9.73. The topological polar surface area (TPSA) is 53.5 Å². The van der Waals surface area contributed by atoms with Crippen molar-refractivity contribution in [3.05, 3.63) is 12.3 Å². The monoisotopic (exact) mass is 303 g/mol. The molecule has 0 amide bonds. The summed E-state index contributed by atoms with van der Waals surface area (Å²) in [7, 11) is 6.21. The van der Waals surface area contributed by atoms with Gasteiger partial charge in [0.15, 0.2) is 0 Å². The minimum atomic E-state index is 0.0460. The van der Waals surface area contributed by atoms with E-state index in [9.17, 15) is 0 Å². The van der Waals surface area contributed by atoms with Crippen molar-refractivity contribution in [1.29, 1.82) is 0 Å². The van der Waals surface area contributed by atoms with E-state index in [0.717, 1.165) is 31.4 Å². The van der Waals surface area contributed by atoms with Gasteiger partial charge >= 0.3 is 0 Å². The maximum atomic E-state index is 6.47. The summed E-state index contributed by atoms with van der Waals surface area (Å²) >= 11 is 0. The third kappa shape index (κ3) is 2.08. The van der Waals surface area contributed by atoms with E-state index < -0.39 is 0 Å². The predicted molar refractivity (Wildman–Crippen MR) is 86.2 cm³/mol. The molecule has 3 fully saturated rings. The van der Waals surface area contributed by atoms with Crippen LogP contribution in [0.4, 0.5) is 11.8 Å². The summed E-state index contributed by atoms with van der Waals surface area (Å²) in [6, 6.07) is 1.90. The number of hydrogen-bond donors (Lipinski definition) is 1. The lowest BCUT2D eigenvalue weighted by Crippen LogP contribution is -2.40. The average molecular weight is 303 g/mol. The lowest BCUT2D eigenvalue weighted by Gasteiger charge is -2.30. The van der Waals surface area contributed by atoms with Gasteiger partial charge in [-0.05, 0) is 33.0 Å². The molecule has 1 aromatic rings. The maximum Gasteiger partial charge on any atom is 0.227 e. The van der Waals surface area contributed by atoms with Gasteiger partial charge in [-0.2, -0.15) is 4.98 Å². The summed E-state index contributed by atoms with van der Waals surface area (Å²) in [5, 5.41) is 3.09. The normalized spacial score (nSPS) is 36.2. The van der Waals surface area contributed by atoms with Crippen LogP contribution in [-0.4, -0.2) is 67.4 Å². The van der Waals surface area contributed by atoms with Crippen LogP contribution in [0.5, 0.6) is 0 Å². The molecule has 0 aliphatic carbocycles. The number of nitrogens with one attached hydrogen (secondary N) is 1. The van der Waals surface area contributed by atoms with Crippen molar-refractivity contribution in [1.82, 2.24) is 14.9 Å². The second-order valence-electron chi connectivity index (χ2n) is 7.16. The van der Waals surface area contributed by atoms with Gasteiger partial charge in [0.1, 0.15) is 5.82 Å². The van der Waals surface area contributed by atoms with Crippen LogP contribution in [0.1, 0.15) is 12.8 Å². The molecular weight excluding hydrogens is 278 g/mol. The molecule has 0 aromatic carbocycles. The van der Waals surface area contributed by atoms with E-state index in [1.54, 1.807) is 0 Å². The zero-order valence-electron chi connectivity index (χ0n) is 13.6. The van der Waals surface area contributed by atoms with Crippen LogP contribution in [0.2, 0.25) is 0 Å². The number of ether oxygens (including phenoxy) is 1. The smallest absolute Gasteiger partial charge is 0.227 e. The molecule has 0 radical (unpaired) electrons. The largest absolute Gasteiger partial charge is 0.373 e. The molecule has 1 spiro atoms. The molecule has 22 heavy (non-hydrogen) atoms. The van der Waals surface area contributed by atoms with Gasteiger partial charge < -0.3 is 19.9 Å². The van der Waals surface area contributed by atoms with E-state index >= 15 is 0 Å². The van der Waals surface area contributed by atoms with E-state index in [2.05, 4.69) is 39.2 Å². The molecule has 1 N–H and O–H groups in total. The Bertz CT molecular complexity index is 565. The molecule has 4 rings (SSSR count). The van der Waals surface area contributed by atoms with Crippen molar-refractivity contribution < 1.29 is 4.74 Å². The van der Waals surface area contributed by atoms with Crippen molar-refractivity contribution >= 4 is 11.8 Å². The van der Waals surface area contributed by atoms with Crippen LogP contribution < -0.4 is 10.2 Å². The minimum Gasteiger partial charge on any atom is -0.373 e. The quantitative estimate of drug-likeness (QED) is 0.898. The fraction of sp³-hybridized carbons (Fsp3) is 0.750. The Labute approximate surface area is 131 Å². The fourth-order valence-electron chi connectivity index (χ4n) is 4.65. The zero-order chi connectivity index (χ0) is 15.3. The fourth-order valence-corrected chi connectivity index (χ4v) is 4.65. The first kappa shape index (κ1) is 14.2. The van der Waals surface area contributed by atoms with E-state index in [1.807, 2.05) is 19.3 Å². The number of nitrogens with zero attached hydrogens (tertiary/aromatic N) is 4. The SMILES string of the molecule is CNc1ccnc(N2C[C@@H]3[C@H](CN(C)C)[C@H]4CC[C@]3(C2)O4)n1. The number of aromatic nitrogens is 2. The number of hydrogen-bond acceptors (Lipinski definition) is 6. The molecule has 3 saturated heterocycles. The van der Waals surface area contributed by atoms with Gasteiger partial charge in [0, 0.05) is 38.2 Å². The van der Waals surface area contributed by atoms with Crippen LogP contribution in [0, 0.1) is 11.8 Å². The molecule has 3 aliphatic rings. The summed E-state index contributed by atoms with van der Waals surface area (Å²) in [6.45, 7) is 3.07. The Morgan fingerprint density at radius 2 is 2.36 bits per heavy atom. The van der Waals surface area contributed by atoms with Crippen molar-refractivity contribution in [2.75, 3.05) is 51.0 Å². The third-order valence-corrected chi connectivity index (χ3v) is 5.54. The third-order valence-electron chi connectivity index (χ3n) is 5.54. The van der Waals surface area contributed by atoms with Crippen LogP contribution >= 0.6 is 0 Å². The standard InChI is InChI=1S/C16H25N5O/c1-17-14-5-7-18-15(19-14)21-9-12-11(8-20(2)3)13-4-6-16(12,10-21)22-13/h5,7,11-13H,4,6,8-10H2,1-3H3,(H,17,18,19)/t11-,12+,13+,16+/m0/s1. The Morgan fingerprint density at radius 3 is 3.14 bits per heavy atom. The molecule has 6 heteroatoms. The van der Waals surface area contributed by atoms with Crippen LogP contribution in [-0.2, 0) is 4.74 Å². The lowest BCUT2D eigenvalue weighted by molar-refractivity contribution is 0.0136. The highest BCUT2D eigenvalue weighted by molar-refractivity contribution is 5.43. The Hall–Kier alpha value is -1.40. The summed E-state index contributed by atoms with van der Waals surface area (Å²) in [6.07, 6.45) is 4.68.